The van der Waals surface area contributed by atoms with Crippen LogP contribution in [-0.2, 0) is 9.84 Å². The van der Waals surface area contributed by atoms with Crippen molar-refractivity contribution in [2.45, 2.75) is 26.3 Å². The summed E-state index contributed by atoms with van der Waals surface area (Å²) in [5.74, 6) is 0.0144. The summed E-state index contributed by atoms with van der Waals surface area (Å²) in [5.41, 5.74) is 3.55. The monoisotopic (exact) mass is 343 g/mol. The summed E-state index contributed by atoms with van der Waals surface area (Å²) >= 11 is 0. The topological polar surface area (TPSA) is 54.5 Å². The molecular weight excluding hydrogens is 322 g/mol. The van der Waals surface area contributed by atoms with E-state index in [2.05, 4.69) is 0 Å². The van der Waals surface area contributed by atoms with Crippen LogP contribution >= 0.6 is 0 Å². The van der Waals surface area contributed by atoms with E-state index >= 15 is 0 Å². The number of hydrogen-bond acceptors (Lipinski definition) is 3. The van der Waals surface area contributed by atoms with E-state index in [1.807, 2.05) is 50.2 Å². The molecule has 2 aromatic carbocycles. The molecular formula is C19H21NO3S. The highest BCUT2D eigenvalue weighted by Gasteiger charge is 2.36. The van der Waals surface area contributed by atoms with Gasteiger partial charge in [0.1, 0.15) is 0 Å². The number of benzene rings is 2. The summed E-state index contributed by atoms with van der Waals surface area (Å²) in [6, 6.07) is 14.5. The standard InChI is InChI=1S/C19H21NO3S/c1-14-8-9-17(12-15(14)2)20(18-10-11-24(22,23)13-18)19(21)16-6-4-3-5-7-16/h3-9,12,18H,10-11,13H2,1-2H3. The van der Waals surface area contributed by atoms with Gasteiger partial charge in [0.15, 0.2) is 9.84 Å². The number of carbonyl (C=O) groups excluding carboxylic acids is 1. The summed E-state index contributed by atoms with van der Waals surface area (Å²) in [7, 11) is -3.08. The summed E-state index contributed by atoms with van der Waals surface area (Å²) in [4.78, 5) is 14.7. The Balaban J connectivity index is 2.04. The first-order chi connectivity index (χ1) is 11.4. The van der Waals surface area contributed by atoms with Gasteiger partial charge in [-0.2, -0.15) is 0 Å². The predicted octanol–water partition coefficient (Wildman–Crippen LogP) is 3.14. The van der Waals surface area contributed by atoms with Gasteiger partial charge in [-0.3, -0.25) is 4.79 Å². The maximum atomic E-state index is 13.1. The highest BCUT2D eigenvalue weighted by atomic mass is 32.2. The van der Waals surface area contributed by atoms with Gasteiger partial charge in [-0.05, 0) is 55.7 Å². The minimum absolute atomic E-state index is 0.0263. The Bertz CT molecular complexity index is 859. The Hall–Kier alpha value is -2.14. The lowest BCUT2D eigenvalue weighted by molar-refractivity contribution is 0.0979. The van der Waals surface area contributed by atoms with E-state index in [9.17, 15) is 13.2 Å². The van der Waals surface area contributed by atoms with Gasteiger partial charge in [-0.1, -0.05) is 24.3 Å². The van der Waals surface area contributed by atoms with Crippen molar-refractivity contribution in [3.05, 3.63) is 65.2 Å². The van der Waals surface area contributed by atoms with Crippen LogP contribution in [0.25, 0.3) is 0 Å². The number of amides is 1. The lowest BCUT2D eigenvalue weighted by Crippen LogP contribution is -2.41. The van der Waals surface area contributed by atoms with E-state index in [-0.39, 0.29) is 23.5 Å². The highest BCUT2D eigenvalue weighted by Crippen LogP contribution is 2.28. The first-order valence-electron chi connectivity index (χ1n) is 8.04. The third kappa shape index (κ3) is 3.36. The van der Waals surface area contributed by atoms with E-state index in [4.69, 9.17) is 0 Å². The fourth-order valence-electron chi connectivity index (χ4n) is 3.07. The Morgan fingerprint density at radius 1 is 1.04 bits per heavy atom. The van der Waals surface area contributed by atoms with Gasteiger partial charge in [-0.15, -0.1) is 0 Å². The molecule has 5 heteroatoms. The van der Waals surface area contributed by atoms with Crippen LogP contribution in [0.3, 0.4) is 0 Å². The lowest BCUT2D eigenvalue weighted by atomic mass is 10.1. The van der Waals surface area contributed by atoms with Crippen LogP contribution in [0.5, 0.6) is 0 Å². The van der Waals surface area contributed by atoms with Gasteiger partial charge >= 0.3 is 0 Å². The molecule has 1 saturated heterocycles. The van der Waals surface area contributed by atoms with Crippen molar-refractivity contribution in [2.75, 3.05) is 16.4 Å². The molecule has 0 aromatic heterocycles. The molecule has 2 aromatic rings. The fraction of sp³-hybridized carbons (Fsp3) is 0.316. The zero-order valence-electron chi connectivity index (χ0n) is 13.9. The molecule has 0 bridgehead atoms. The van der Waals surface area contributed by atoms with Crippen LogP contribution < -0.4 is 4.90 Å². The van der Waals surface area contributed by atoms with Gasteiger partial charge < -0.3 is 4.90 Å². The Labute approximate surface area is 143 Å². The third-order valence-electron chi connectivity index (χ3n) is 4.58. The van der Waals surface area contributed by atoms with Crippen molar-refractivity contribution in [2.24, 2.45) is 0 Å². The molecule has 24 heavy (non-hydrogen) atoms. The second-order valence-electron chi connectivity index (χ2n) is 6.37. The van der Waals surface area contributed by atoms with E-state index in [1.165, 1.54) is 0 Å². The molecule has 3 rings (SSSR count). The number of nitrogens with zero attached hydrogens (tertiary/aromatic N) is 1. The number of rotatable bonds is 3. The molecule has 0 aliphatic carbocycles. The first kappa shape index (κ1) is 16.7. The lowest BCUT2D eigenvalue weighted by Gasteiger charge is -2.29. The number of anilines is 1. The average molecular weight is 343 g/mol. The highest BCUT2D eigenvalue weighted by molar-refractivity contribution is 7.91. The zero-order chi connectivity index (χ0) is 17.3. The first-order valence-corrected chi connectivity index (χ1v) is 9.86. The molecule has 1 heterocycles. The summed E-state index contributed by atoms with van der Waals surface area (Å²) in [6.07, 6.45) is 0.480. The molecule has 1 fully saturated rings. The largest absolute Gasteiger partial charge is 0.304 e. The molecule has 1 aliphatic rings. The van der Waals surface area contributed by atoms with Crippen molar-refractivity contribution in [3.63, 3.8) is 0 Å². The van der Waals surface area contributed by atoms with Gasteiger partial charge in [-0.25, -0.2) is 8.42 Å². The number of carbonyl (C=O) groups is 1. The van der Waals surface area contributed by atoms with Crippen LogP contribution in [0.1, 0.15) is 27.9 Å². The molecule has 1 atom stereocenters. The summed E-state index contributed by atoms with van der Waals surface area (Å²) < 4.78 is 23.8. The van der Waals surface area contributed by atoms with Gasteiger partial charge in [0.25, 0.3) is 5.91 Å². The van der Waals surface area contributed by atoms with Crippen LogP contribution in [0.2, 0.25) is 0 Å². The van der Waals surface area contributed by atoms with Crippen molar-refractivity contribution in [3.8, 4) is 0 Å². The van der Waals surface area contributed by atoms with Gasteiger partial charge in [0, 0.05) is 11.3 Å². The molecule has 0 saturated carbocycles. The molecule has 4 nitrogen and oxygen atoms in total. The van der Waals surface area contributed by atoms with E-state index in [0.717, 1.165) is 16.8 Å². The fourth-order valence-corrected chi connectivity index (χ4v) is 4.77. The van der Waals surface area contributed by atoms with Crippen molar-refractivity contribution < 1.29 is 13.2 Å². The Morgan fingerprint density at radius 2 is 1.75 bits per heavy atom. The molecule has 0 N–H and O–H groups in total. The molecule has 1 aliphatic heterocycles. The zero-order valence-corrected chi connectivity index (χ0v) is 14.7. The van der Waals surface area contributed by atoms with Crippen LogP contribution in [0.15, 0.2) is 48.5 Å². The molecule has 1 unspecified atom stereocenters. The second-order valence-corrected chi connectivity index (χ2v) is 8.60. The third-order valence-corrected chi connectivity index (χ3v) is 6.33. The number of sulfone groups is 1. The summed E-state index contributed by atoms with van der Waals surface area (Å²) in [5, 5.41) is 0. The molecule has 0 radical (unpaired) electrons. The Kier molecular flexibility index (Phi) is 4.45. The van der Waals surface area contributed by atoms with Crippen molar-refractivity contribution in [1.82, 2.24) is 0 Å². The number of hydrogen-bond donors (Lipinski definition) is 0. The van der Waals surface area contributed by atoms with E-state index < -0.39 is 9.84 Å². The van der Waals surface area contributed by atoms with Crippen LogP contribution in [0.4, 0.5) is 5.69 Å². The average Bonchev–Trinajstić information content (AvgIpc) is 2.91. The van der Waals surface area contributed by atoms with Crippen molar-refractivity contribution in [1.29, 1.82) is 0 Å². The molecule has 1 amide bonds. The van der Waals surface area contributed by atoms with E-state index in [0.29, 0.717) is 12.0 Å². The predicted molar refractivity (Wildman–Crippen MR) is 96.2 cm³/mol. The normalized spacial score (nSPS) is 19.2. The van der Waals surface area contributed by atoms with Crippen LogP contribution in [0, 0.1) is 13.8 Å². The molecule has 0 spiro atoms. The van der Waals surface area contributed by atoms with Gasteiger partial charge in [0.2, 0.25) is 0 Å². The van der Waals surface area contributed by atoms with Crippen molar-refractivity contribution >= 4 is 21.4 Å². The SMILES string of the molecule is Cc1ccc(N(C(=O)c2ccccc2)C2CCS(=O)(=O)C2)cc1C. The maximum Gasteiger partial charge on any atom is 0.258 e. The van der Waals surface area contributed by atoms with E-state index in [1.54, 1.807) is 17.0 Å². The van der Waals surface area contributed by atoms with Crippen LogP contribution in [-0.4, -0.2) is 31.9 Å². The smallest absolute Gasteiger partial charge is 0.258 e. The minimum Gasteiger partial charge on any atom is -0.304 e. The second kappa shape index (κ2) is 6.40. The number of aryl methyl sites for hydroxylation is 2. The Morgan fingerprint density at radius 3 is 2.33 bits per heavy atom. The summed E-state index contributed by atoms with van der Waals surface area (Å²) in [6.45, 7) is 4.01. The minimum atomic E-state index is -3.08. The quantitative estimate of drug-likeness (QED) is 0.860. The maximum absolute atomic E-state index is 13.1. The van der Waals surface area contributed by atoms with Gasteiger partial charge in [0.05, 0.1) is 17.5 Å². The molecule has 126 valence electrons.